The van der Waals surface area contributed by atoms with Crippen molar-refractivity contribution in [3.63, 3.8) is 0 Å². The van der Waals surface area contributed by atoms with Crippen LogP contribution in [0.1, 0.15) is 37.8 Å². The number of hydrogen-bond acceptors (Lipinski definition) is 3. The van der Waals surface area contributed by atoms with Crippen LogP contribution in [0.5, 0.6) is 0 Å². The molecule has 0 amide bonds. The van der Waals surface area contributed by atoms with Crippen LogP contribution in [0, 0.1) is 0 Å². The molecule has 0 fully saturated rings. The standard InChI is InChI=1S/C14H21Cl2NO2S/c1-3-8-17-14(5-4-9-20(2,18)19)12-7-6-11(15)10-13(12)16/h6-7,10,14,17H,3-5,8-9H2,1-2H3. The maximum atomic E-state index is 11.2. The Morgan fingerprint density at radius 2 is 2.00 bits per heavy atom. The molecule has 0 saturated heterocycles. The lowest BCUT2D eigenvalue weighted by atomic mass is 10.0. The molecular formula is C14H21Cl2NO2S. The third-order valence-electron chi connectivity index (χ3n) is 2.99. The molecule has 0 aliphatic heterocycles. The zero-order chi connectivity index (χ0) is 15.2. The normalized spacial score (nSPS) is 13.4. The lowest BCUT2D eigenvalue weighted by molar-refractivity contribution is 0.492. The first-order valence-electron chi connectivity index (χ1n) is 6.69. The van der Waals surface area contributed by atoms with Crippen molar-refractivity contribution in [3.05, 3.63) is 33.8 Å². The average Bonchev–Trinajstić information content (AvgIpc) is 2.33. The van der Waals surface area contributed by atoms with Gasteiger partial charge in [0, 0.05) is 28.1 Å². The summed E-state index contributed by atoms with van der Waals surface area (Å²) in [7, 11) is -2.92. The van der Waals surface area contributed by atoms with Gasteiger partial charge in [-0.1, -0.05) is 36.2 Å². The highest BCUT2D eigenvalue weighted by atomic mass is 35.5. The van der Waals surface area contributed by atoms with Gasteiger partial charge < -0.3 is 5.32 Å². The third-order valence-corrected chi connectivity index (χ3v) is 4.58. The van der Waals surface area contributed by atoms with E-state index in [1.807, 2.05) is 6.07 Å². The largest absolute Gasteiger partial charge is 0.310 e. The van der Waals surface area contributed by atoms with Crippen LogP contribution in [0.4, 0.5) is 0 Å². The zero-order valence-corrected chi connectivity index (χ0v) is 14.2. The Morgan fingerprint density at radius 1 is 1.30 bits per heavy atom. The van der Waals surface area contributed by atoms with Crippen molar-refractivity contribution in [1.29, 1.82) is 0 Å². The molecule has 0 aliphatic rings. The lowest BCUT2D eigenvalue weighted by Gasteiger charge is -2.20. The van der Waals surface area contributed by atoms with Crippen LogP contribution in [0.15, 0.2) is 18.2 Å². The van der Waals surface area contributed by atoms with E-state index in [1.165, 1.54) is 6.26 Å². The van der Waals surface area contributed by atoms with Crippen molar-refractivity contribution in [2.24, 2.45) is 0 Å². The topological polar surface area (TPSA) is 46.2 Å². The maximum Gasteiger partial charge on any atom is 0.147 e. The number of hydrogen-bond donors (Lipinski definition) is 1. The monoisotopic (exact) mass is 337 g/mol. The summed E-state index contributed by atoms with van der Waals surface area (Å²) < 4.78 is 22.4. The summed E-state index contributed by atoms with van der Waals surface area (Å²) in [6.07, 6.45) is 3.61. The van der Waals surface area contributed by atoms with Gasteiger partial charge in [0.15, 0.2) is 0 Å². The Balaban J connectivity index is 2.77. The number of benzene rings is 1. The predicted octanol–water partition coefficient (Wildman–Crippen LogP) is 3.86. The summed E-state index contributed by atoms with van der Waals surface area (Å²) in [6, 6.07) is 5.48. The first-order chi connectivity index (χ1) is 9.33. The molecule has 1 rings (SSSR count). The van der Waals surface area contributed by atoms with Gasteiger partial charge in [0.25, 0.3) is 0 Å². The first kappa shape index (κ1) is 17.8. The van der Waals surface area contributed by atoms with Crippen molar-refractivity contribution in [3.8, 4) is 0 Å². The van der Waals surface area contributed by atoms with Crippen LogP contribution in [-0.4, -0.2) is 27.0 Å². The number of nitrogens with one attached hydrogen (secondary N) is 1. The van der Waals surface area contributed by atoms with E-state index in [0.29, 0.717) is 16.5 Å². The molecular weight excluding hydrogens is 317 g/mol. The van der Waals surface area contributed by atoms with Gasteiger partial charge in [-0.05, 0) is 43.5 Å². The average molecular weight is 338 g/mol. The number of halogens is 2. The minimum absolute atomic E-state index is 0.0569. The van der Waals surface area contributed by atoms with E-state index >= 15 is 0 Å². The molecule has 3 nitrogen and oxygen atoms in total. The Labute approximate surface area is 131 Å². The minimum atomic E-state index is -2.92. The molecule has 1 unspecified atom stereocenters. The lowest BCUT2D eigenvalue weighted by Crippen LogP contribution is -2.23. The zero-order valence-electron chi connectivity index (χ0n) is 11.8. The van der Waals surface area contributed by atoms with Gasteiger partial charge in [0.2, 0.25) is 0 Å². The van der Waals surface area contributed by atoms with Crippen LogP contribution in [-0.2, 0) is 9.84 Å². The van der Waals surface area contributed by atoms with Gasteiger partial charge >= 0.3 is 0 Å². The SMILES string of the molecule is CCCNC(CCCS(C)(=O)=O)c1ccc(Cl)cc1Cl. The van der Waals surface area contributed by atoms with E-state index in [9.17, 15) is 8.42 Å². The van der Waals surface area contributed by atoms with E-state index in [0.717, 1.165) is 24.9 Å². The minimum Gasteiger partial charge on any atom is -0.310 e. The van der Waals surface area contributed by atoms with E-state index < -0.39 is 9.84 Å². The molecule has 0 radical (unpaired) electrons. The second-order valence-electron chi connectivity index (χ2n) is 4.94. The molecule has 1 aromatic carbocycles. The highest BCUT2D eigenvalue weighted by molar-refractivity contribution is 7.90. The Morgan fingerprint density at radius 3 is 2.55 bits per heavy atom. The molecule has 1 aromatic rings. The molecule has 6 heteroatoms. The van der Waals surface area contributed by atoms with Crippen LogP contribution in [0.2, 0.25) is 10.0 Å². The molecule has 1 atom stereocenters. The van der Waals surface area contributed by atoms with Gasteiger partial charge in [-0.25, -0.2) is 8.42 Å². The fourth-order valence-electron chi connectivity index (χ4n) is 2.02. The molecule has 0 spiro atoms. The third kappa shape index (κ3) is 6.44. The molecule has 0 aliphatic carbocycles. The molecule has 114 valence electrons. The van der Waals surface area contributed by atoms with E-state index in [1.54, 1.807) is 12.1 Å². The second-order valence-corrected chi connectivity index (χ2v) is 8.05. The van der Waals surface area contributed by atoms with Gasteiger partial charge in [-0.3, -0.25) is 0 Å². The Hall–Kier alpha value is -0.290. The van der Waals surface area contributed by atoms with Crippen LogP contribution >= 0.6 is 23.2 Å². The van der Waals surface area contributed by atoms with Gasteiger partial charge in [-0.2, -0.15) is 0 Å². The van der Waals surface area contributed by atoms with Crippen LogP contribution in [0.25, 0.3) is 0 Å². The first-order valence-corrected chi connectivity index (χ1v) is 9.51. The Bertz CT molecular complexity index is 532. The molecule has 0 aromatic heterocycles. The molecule has 0 heterocycles. The fourth-order valence-corrected chi connectivity index (χ4v) is 3.25. The molecule has 0 saturated carbocycles. The van der Waals surface area contributed by atoms with Crippen LogP contribution in [0.3, 0.4) is 0 Å². The molecule has 1 N–H and O–H groups in total. The quantitative estimate of drug-likeness (QED) is 0.783. The van der Waals surface area contributed by atoms with Crippen molar-refractivity contribution >= 4 is 33.0 Å². The van der Waals surface area contributed by atoms with Gasteiger partial charge in [-0.15, -0.1) is 0 Å². The fraction of sp³-hybridized carbons (Fsp3) is 0.571. The van der Waals surface area contributed by atoms with Crippen LogP contribution < -0.4 is 5.32 Å². The maximum absolute atomic E-state index is 11.2. The summed E-state index contributed by atoms with van der Waals surface area (Å²) in [6.45, 7) is 2.95. The highest BCUT2D eigenvalue weighted by Crippen LogP contribution is 2.29. The Kier molecular flexibility index (Phi) is 7.30. The van der Waals surface area contributed by atoms with Crippen molar-refractivity contribution in [2.75, 3.05) is 18.6 Å². The van der Waals surface area contributed by atoms with E-state index in [-0.39, 0.29) is 11.8 Å². The summed E-state index contributed by atoms with van der Waals surface area (Å²) >= 11 is 12.1. The number of rotatable bonds is 8. The van der Waals surface area contributed by atoms with Crippen molar-refractivity contribution in [2.45, 2.75) is 32.2 Å². The predicted molar refractivity (Wildman–Crippen MR) is 86.4 cm³/mol. The summed E-state index contributed by atoms with van der Waals surface area (Å²) in [5, 5.41) is 4.63. The molecule has 20 heavy (non-hydrogen) atoms. The molecule has 0 bridgehead atoms. The summed E-state index contributed by atoms with van der Waals surface area (Å²) in [5.74, 6) is 0.197. The highest BCUT2D eigenvalue weighted by Gasteiger charge is 2.15. The summed E-state index contributed by atoms with van der Waals surface area (Å²) in [5.41, 5.74) is 0.970. The van der Waals surface area contributed by atoms with Crippen molar-refractivity contribution < 1.29 is 8.42 Å². The van der Waals surface area contributed by atoms with Gasteiger partial charge in [0.05, 0.1) is 0 Å². The number of sulfone groups is 1. The smallest absolute Gasteiger partial charge is 0.147 e. The van der Waals surface area contributed by atoms with E-state index in [4.69, 9.17) is 23.2 Å². The summed E-state index contributed by atoms with van der Waals surface area (Å²) in [4.78, 5) is 0. The van der Waals surface area contributed by atoms with Crippen molar-refractivity contribution in [1.82, 2.24) is 5.32 Å². The van der Waals surface area contributed by atoms with Gasteiger partial charge in [0.1, 0.15) is 9.84 Å². The van der Waals surface area contributed by atoms with E-state index in [2.05, 4.69) is 12.2 Å². The second kappa shape index (κ2) is 8.23.